The van der Waals surface area contributed by atoms with E-state index in [2.05, 4.69) is 13.2 Å². The number of carbonyl (C=O) groups excluding carboxylic acids is 2. The van der Waals surface area contributed by atoms with Crippen LogP contribution >= 0.6 is 11.6 Å². The minimum atomic E-state index is -0.511. The Morgan fingerprint density at radius 2 is 1.71 bits per heavy atom. The molecule has 2 aromatic carbocycles. The number of hydrogen-bond acceptors (Lipinski definition) is 6. The fraction of sp³-hybridized carbons (Fsp3) is 0.111. The molecule has 34 heavy (non-hydrogen) atoms. The third-order valence-corrected chi connectivity index (χ3v) is 5.90. The van der Waals surface area contributed by atoms with Crippen molar-refractivity contribution in [3.05, 3.63) is 113 Å². The van der Waals surface area contributed by atoms with Gasteiger partial charge in [-0.2, -0.15) is 0 Å². The number of benzene rings is 2. The van der Waals surface area contributed by atoms with E-state index in [-0.39, 0.29) is 6.54 Å². The van der Waals surface area contributed by atoms with Crippen molar-refractivity contribution >= 4 is 40.5 Å². The zero-order valence-electron chi connectivity index (χ0n) is 18.9. The van der Waals surface area contributed by atoms with Gasteiger partial charge in [0.2, 0.25) is 0 Å². The highest BCUT2D eigenvalue weighted by Gasteiger charge is 2.34. The first kappa shape index (κ1) is 23.1. The lowest BCUT2D eigenvalue weighted by molar-refractivity contribution is -0.136. The molecule has 0 saturated carbocycles. The van der Waals surface area contributed by atoms with Crippen molar-refractivity contribution in [3.8, 4) is 0 Å². The molecule has 7 heteroatoms. The fourth-order valence-corrected chi connectivity index (χ4v) is 4.14. The Hall–Kier alpha value is -4.03. The van der Waals surface area contributed by atoms with Crippen LogP contribution in [0, 0.1) is 0 Å². The van der Waals surface area contributed by atoms with Crippen LogP contribution < -0.4 is 4.90 Å². The summed E-state index contributed by atoms with van der Waals surface area (Å²) in [5, 5.41) is 0.535. The number of ether oxygens (including phenoxy) is 2. The molecule has 2 aromatic rings. The molecule has 6 nitrogen and oxygen atoms in total. The highest BCUT2D eigenvalue weighted by atomic mass is 35.5. The molecule has 0 spiro atoms. The second kappa shape index (κ2) is 9.45. The number of allylic oxidation sites excluding steroid dienone is 1. The topological polar surface area (TPSA) is 59.1 Å². The summed E-state index contributed by atoms with van der Waals surface area (Å²) < 4.78 is 9.99. The van der Waals surface area contributed by atoms with E-state index in [0.29, 0.717) is 33.1 Å². The summed E-state index contributed by atoms with van der Waals surface area (Å²) in [4.78, 5) is 28.7. The van der Waals surface area contributed by atoms with Gasteiger partial charge in [-0.25, -0.2) is 9.59 Å². The van der Waals surface area contributed by atoms with Crippen molar-refractivity contribution in [1.82, 2.24) is 4.90 Å². The molecule has 2 aliphatic heterocycles. The molecule has 0 fully saturated rings. The first-order valence-corrected chi connectivity index (χ1v) is 10.8. The van der Waals surface area contributed by atoms with Gasteiger partial charge in [-0.1, -0.05) is 49.0 Å². The minimum absolute atomic E-state index is 0.273. The maximum absolute atomic E-state index is 13.2. The van der Waals surface area contributed by atoms with E-state index in [9.17, 15) is 9.59 Å². The van der Waals surface area contributed by atoms with Gasteiger partial charge in [0, 0.05) is 33.7 Å². The number of halogens is 1. The predicted molar refractivity (Wildman–Crippen MR) is 133 cm³/mol. The largest absolute Gasteiger partial charge is 0.465 e. The van der Waals surface area contributed by atoms with E-state index in [1.807, 2.05) is 46.2 Å². The summed E-state index contributed by atoms with van der Waals surface area (Å²) in [7, 11) is 2.67. The van der Waals surface area contributed by atoms with Crippen LogP contribution in [-0.2, 0) is 19.1 Å². The normalized spacial score (nSPS) is 15.2. The average Bonchev–Trinajstić information content (AvgIpc) is 2.85. The van der Waals surface area contributed by atoms with Crippen molar-refractivity contribution < 1.29 is 19.1 Å². The van der Waals surface area contributed by atoms with Crippen LogP contribution in [-0.4, -0.2) is 37.6 Å². The van der Waals surface area contributed by atoms with E-state index < -0.39 is 11.9 Å². The number of hydrogen-bond donors (Lipinski definition) is 0. The smallest absolute Gasteiger partial charge is 0.355 e. The Morgan fingerprint density at radius 1 is 1.00 bits per heavy atom. The first-order chi connectivity index (χ1) is 16.3. The first-order valence-electron chi connectivity index (χ1n) is 10.4. The van der Waals surface area contributed by atoms with Gasteiger partial charge in [-0.3, -0.25) is 0 Å². The Morgan fingerprint density at radius 3 is 2.35 bits per heavy atom. The number of nitrogens with zero attached hydrogens (tertiary/aromatic N) is 2. The molecule has 172 valence electrons. The molecule has 0 saturated heterocycles. The van der Waals surface area contributed by atoms with Crippen LogP contribution in [0.1, 0.15) is 5.56 Å². The van der Waals surface area contributed by atoms with Gasteiger partial charge in [0.1, 0.15) is 5.70 Å². The van der Waals surface area contributed by atoms with E-state index in [4.69, 9.17) is 21.1 Å². The van der Waals surface area contributed by atoms with Crippen LogP contribution in [0.25, 0.3) is 5.57 Å². The van der Waals surface area contributed by atoms with E-state index in [1.165, 1.54) is 14.2 Å². The van der Waals surface area contributed by atoms with Gasteiger partial charge in [0.15, 0.2) is 0 Å². The van der Waals surface area contributed by atoms with Gasteiger partial charge >= 0.3 is 11.9 Å². The predicted octanol–water partition coefficient (Wildman–Crippen LogP) is 5.37. The van der Waals surface area contributed by atoms with E-state index in [1.54, 1.807) is 30.5 Å². The number of methoxy groups -OCH3 is 2. The molecule has 0 amide bonds. The number of esters is 2. The molecule has 0 radical (unpaired) electrons. The van der Waals surface area contributed by atoms with Crippen molar-refractivity contribution in [2.24, 2.45) is 0 Å². The molecule has 0 aromatic heterocycles. The van der Waals surface area contributed by atoms with Crippen LogP contribution in [0.15, 0.2) is 103 Å². The average molecular weight is 475 g/mol. The third kappa shape index (κ3) is 4.16. The van der Waals surface area contributed by atoms with Gasteiger partial charge in [0.05, 0.1) is 32.0 Å². The summed E-state index contributed by atoms with van der Waals surface area (Å²) in [5.74, 6) is -0.960. The molecule has 0 aliphatic carbocycles. The maximum Gasteiger partial charge on any atom is 0.355 e. The Kier molecular flexibility index (Phi) is 6.43. The van der Waals surface area contributed by atoms with E-state index >= 15 is 0 Å². The highest BCUT2D eigenvalue weighted by molar-refractivity contribution is 6.31. The SMILES string of the molecule is C=C1C(CN2C=CC(C(=O)OC)=CC2=C)=C(C(=O)OC)N(c2ccccc2)c2cc(Cl)ccc21. The van der Waals surface area contributed by atoms with Gasteiger partial charge in [-0.05, 0) is 42.0 Å². The molecule has 4 rings (SSSR count). The fourth-order valence-electron chi connectivity index (χ4n) is 3.98. The lowest BCUT2D eigenvalue weighted by Crippen LogP contribution is -2.33. The van der Waals surface area contributed by atoms with Gasteiger partial charge in [0.25, 0.3) is 0 Å². The summed E-state index contributed by atoms with van der Waals surface area (Å²) in [5.41, 5.74) is 4.96. The number of para-hydroxylation sites is 1. The molecule has 0 bridgehead atoms. The second-order valence-corrected chi connectivity index (χ2v) is 8.09. The third-order valence-electron chi connectivity index (χ3n) is 5.67. The standard InChI is InChI=1S/C27H23ClN2O4/c1-17-14-19(26(31)33-3)12-13-29(17)16-23-18(2)22-11-10-20(28)15-24(22)30(25(23)27(32)34-4)21-8-6-5-7-9-21/h5-15H,1-2,16H2,3-4H3. The van der Waals surface area contributed by atoms with Crippen LogP contribution in [0.2, 0.25) is 5.02 Å². The number of anilines is 2. The Balaban J connectivity index is 1.85. The monoisotopic (exact) mass is 474 g/mol. The summed E-state index contributed by atoms with van der Waals surface area (Å²) >= 11 is 6.34. The molecule has 0 N–H and O–H groups in total. The van der Waals surface area contributed by atoms with Crippen molar-refractivity contribution in [3.63, 3.8) is 0 Å². The maximum atomic E-state index is 13.2. The summed E-state index contributed by atoms with van der Waals surface area (Å²) in [6.07, 6.45) is 5.01. The molecule has 0 atom stereocenters. The van der Waals surface area contributed by atoms with Crippen molar-refractivity contribution in [2.75, 3.05) is 25.7 Å². The molecular formula is C27H23ClN2O4. The lowest BCUT2D eigenvalue weighted by atomic mass is 9.90. The zero-order valence-corrected chi connectivity index (χ0v) is 19.6. The lowest BCUT2D eigenvalue weighted by Gasteiger charge is -2.37. The van der Waals surface area contributed by atoms with Crippen molar-refractivity contribution in [1.29, 1.82) is 0 Å². The minimum Gasteiger partial charge on any atom is -0.465 e. The molecule has 0 unspecified atom stereocenters. The molecule has 2 aliphatic rings. The zero-order chi connectivity index (χ0) is 24.4. The van der Waals surface area contributed by atoms with E-state index in [0.717, 1.165) is 16.9 Å². The van der Waals surface area contributed by atoms with Crippen LogP contribution in [0.3, 0.4) is 0 Å². The van der Waals surface area contributed by atoms with Crippen LogP contribution in [0.5, 0.6) is 0 Å². The highest BCUT2D eigenvalue weighted by Crippen LogP contribution is 2.45. The Labute approximate surface area is 203 Å². The Bertz CT molecular complexity index is 1290. The van der Waals surface area contributed by atoms with Crippen molar-refractivity contribution in [2.45, 2.75) is 0 Å². The quantitative estimate of drug-likeness (QED) is 0.543. The number of fused-ring (bicyclic) bond motifs is 1. The second-order valence-electron chi connectivity index (χ2n) is 7.66. The summed E-state index contributed by atoms with van der Waals surface area (Å²) in [6, 6.07) is 15.0. The van der Waals surface area contributed by atoms with Gasteiger partial charge < -0.3 is 19.3 Å². The van der Waals surface area contributed by atoms with Crippen LogP contribution in [0.4, 0.5) is 11.4 Å². The van der Waals surface area contributed by atoms with Gasteiger partial charge in [-0.15, -0.1) is 0 Å². The number of carbonyl (C=O) groups is 2. The summed E-state index contributed by atoms with van der Waals surface area (Å²) in [6.45, 7) is 8.64. The number of rotatable bonds is 5. The molecule has 2 heterocycles. The molecular weight excluding hydrogens is 452 g/mol.